The molecule has 0 rings (SSSR count). The Morgan fingerprint density at radius 3 is 1.83 bits per heavy atom. The quantitative estimate of drug-likeness (QED) is 0.561. The van der Waals surface area contributed by atoms with Crippen LogP contribution in [0, 0.1) is 10.8 Å². The lowest BCUT2D eigenvalue weighted by molar-refractivity contribution is 0.357. The number of unbranched alkanes of at least 4 members (excludes halogenated alkanes) is 1. The minimum atomic E-state index is 0.454. The van der Waals surface area contributed by atoms with Crippen LogP contribution in [-0.4, -0.2) is 6.54 Å². The fourth-order valence-corrected chi connectivity index (χ4v) is 1.97. The van der Waals surface area contributed by atoms with E-state index in [0.29, 0.717) is 10.8 Å². The highest BCUT2D eigenvalue weighted by atomic mass is 14.9. The fourth-order valence-electron chi connectivity index (χ4n) is 1.97. The molecule has 0 spiro atoms. The molecule has 0 fully saturated rings. The van der Waals surface area contributed by atoms with Crippen molar-refractivity contribution in [1.82, 2.24) is 5.32 Å². The molecule has 0 aromatic rings. The fraction of sp³-hybridized carbons (Fsp3) is 0.882. The third-order valence-corrected chi connectivity index (χ3v) is 3.13. The van der Waals surface area contributed by atoms with Crippen molar-refractivity contribution in [1.29, 1.82) is 0 Å². The first-order chi connectivity index (χ1) is 8.10. The molecule has 1 heteroatoms. The lowest BCUT2D eigenvalue weighted by Crippen LogP contribution is -2.16. The Morgan fingerprint density at radius 2 is 1.33 bits per heavy atom. The summed E-state index contributed by atoms with van der Waals surface area (Å²) < 4.78 is 0. The summed E-state index contributed by atoms with van der Waals surface area (Å²) in [4.78, 5) is 0. The van der Waals surface area contributed by atoms with E-state index < -0.39 is 0 Å². The Hall–Kier alpha value is -0.460. The maximum Gasteiger partial charge on any atom is 0.0143 e. The summed E-state index contributed by atoms with van der Waals surface area (Å²) in [6.07, 6.45) is 7.53. The molecule has 0 aliphatic heterocycles. The number of hydrogen-bond donors (Lipinski definition) is 1. The Bertz CT molecular complexity index is 203. The summed E-state index contributed by atoms with van der Waals surface area (Å²) in [6.45, 7) is 19.0. The molecule has 1 N–H and O–H groups in total. The summed E-state index contributed by atoms with van der Waals surface area (Å²) in [5, 5.41) is 3.46. The van der Waals surface area contributed by atoms with Crippen molar-refractivity contribution in [3.05, 3.63) is 12.3 Å². The van der Waals surface area contributed by atoms with Crippen molar-refractivity contribution in [3.63, 3.8) is 0 Å². The van der Waals surface area contributed by atoms with Crippen LogP contribution in [-0.2, 0) is 0 Å². The first-order valence-electron chi connectivity index (χ1n) is 7.52. The van der Waals surface area contributed by atoms with Gasteiger partial charge in [-0.15, -0.1) is 0 Å². The van der Waals surface area contributed by atoms with Crippen molar-refractivity contribution in [2.24, 2.45) is 10.8 Å². The van der Waals surface area contributed by atoms with E-state index in [1.54, 1.807) is 0 Å². The molecule has 0 radical (unpaired) electrons. The van der Waals surface area contributed by atoms with Gasteiger partial charge >= 0.3 is 0 Å². The van der Waals surface area contributed by atoms with Gasteiger partial charge < -0.3 is 5.32 Å². The smallest absolute Gasteiger partial charge is 0.0143 e. The SMILES string of the molecule is C=C(CCCCC(C)(C)C)NCCCC(C)(C)C. The van der Waals surface area contributed by atoms with E-state index in [4.69, 9.17) is 0 Å². The van der Waals surface area contributed by atoms with E-state index in [9.17, 15) is 0 Å². The summed E-state index contributed by atoms with van der Waals surface area (Å²) >= 11 is 0. The number of rotatable bonds is 8. The summed E-state index contributed by atoms with van der Waals surface area (Å²) in [5.74, 6) is 0. The molecule has 0 atom stereocenters. The molecular weight excluding hydrogens is 218 g/mol. The van der Waals surface area contributed by atoms with Gasteiger partial charge in [-0.3, -0.25) is 0 Å². The van der Waals surface area contributed by atoms with E-state index in [0.717, 1.165) is 13.0 Å². The van der Waals surface area contributed by atoms with Crippen molar-refractivity contribution < 1.29 is 0 Å². The topological polar surface area (TPSA) is 12.0 Å². The number of nitrogens with one attached hydrogen (secondary N) is 1. The second-order valence-corrected chi connectivity index (χ2v) is 7.96. The van der Waals surface area contributed by atoms with Gasteiger partial charge in [-0.05, 0) is 42.9 Å². The first kappa shape index (κ1) is 17.5. The maximum absolute atomic E-state index is 4.11. The van der Waals surface area contributed by atoms with Crippen molar-refractivity contribution >= 4 is 0 Å². The van der Waals surface area contributed by atoms with Crippen LogP contribution >= 0.6 is 0 Å². The Balaban J connectivity index is 3.44. The van der Waals surface area contributed by atoms with Gasteiger partial charge in [-0.1, -0.05) is 54.5 Å². The normalized spacial score (nSPS) is 12.6. The van der Waals surface area contributed by atoms with Gasteiger partial charge in [0.05, 0.1) is 0 Å². The molecule has 0 aliphatic carbocycles. The van der Waals surface area contributed by atoms with Gasteiger partial charge in [0, 0.05) is 12.2 Å². The van der Waals surface area contributed by atoms with Gasteiger partial charge in [-0.2, -0.15) is 0 Å². The molecule has 0 aromatic carbocycles. The van der Waals surface area contributed by atoms with Gasteiger partial charge in [0.25, 0.3) is 0 Å². The Labute approximate surface area is 115 Å². The number of allylic oxidation sites excluding steroid dienone is 1. The third kappa shape index (κ3) is 13.6. The van der Waals surface area contributed by atoms with Crippen molar-refractivity contribution in [3.8, 4) is 0 Å². The van der Waals surface area contributed by atoms with Crippen LogP contribution < -0.4 is 5.32 Å². The van der Waals surface area contributed by atoms with Gasteiger partial charge in [0.1, 0.15) is 0 Å². The molecule has 0 saturated heterocycles. The van der Waals surface area contributed by atoms with E-state index >= 15 is 0 Å². The van der Waals surface area contributed by atoms with E-state index in [-0.39, 0.29) is 0 Å². The second-order valence-electron chi connectivity index (χ2n) is 7.96. The molecule has 0 heterocycles. The number of hydrogen-bond acceptors (Lipinski definition) is 1. The zero-order valence-corrected chi connectivity index (χ0v) is 13.7. The molecule has 0 bridgehead atoms. The molecular formula is C17H35N. The zero-order chi connectivity index (χ0) is 14.2. The standard InChI is InChI=1S/C17H35N/c1-15(11-8-9-12-16(2,3)4)18-14-10-13-17(5,6)7/h18H,1,8-14H2,2-7H3. The van der Waals surface area contributed by atoms with Crippen LogP contribution in [0.25, 0.3) is 0 Å². The van der Waals surface area contributed by atoms with Crippen LogP contribution in [0.2, 0.25) is 0 Å². The average Bonchev–Trinajstić information content (AvgIpc) is 2.17. The van der Waals surface area contributed by atoms with Crippen LogP contribution in [0.4, 0.5) is 0 Å². The molecule has 0 unspecified atom stereocenters. The third-order valence-electron chi connectivity index (χ3n) is 3.13. The van der Waals surface area contributed by atoms with Crippen molar-refractivity contribution in [2.45, 2.75) is 80.1 Å². The van der Waals surface area contributed by atoms with Crippen LogP contribution in [0.1, 0.15) is 80.1 Å². The largest absolute Gasteiger partial charge is 0.389 e. The summed E-state index contributed by atoms with van der Waals surface area (Å²) in [7, 11) is 0. The highest BCUT2D eigenvalue weighted by Gasteiger charge is 2.10. The lowest BCUT2D eigenvalue weighted by Gasteiger charge is -2.19. The molecule has 0 amide bonds. The molecule has 0 aliphatic rings. The average molecular weight is 253 g/mol. The first-order valence-corrected chi connectivity index (χ1v) is 7.52. The van der Waals surface area contributed by atoms with Gasteiger partial charge in [0.15, 0.2) is 0 Å². The molecule has 0 aromatic heterocycles. The van der Waals surface area contributed by atoms with E-state index in [2.05, 4.69) is 53.4 Å². The predicted octanol–water partition coefficient (Wildman–Crippen LogP) is 5.52. The Morgan fingerprint density at radius 1 is 0.833 bits per heavy atom. The minimum absolute atomic E-state index is 0.454. The highest BCUT2D eigenvalue weighted by molar-refractivity contribution is 4.90. The van der Waals surface area contributed by atoms with Crippen molar-refractivity contribution in [2.75, 3.05) is 6.54 Å². The molecule has 1 nitrogen and oxygen atoms in total. The molecule has 0 saturated carbocycles. The maximum atomic E-state index is 4.11. The second kappa shape index (κ2) is 7.86. The minimum Gasteiger partial charge on any atom is -0.389 e. The summed E-state index contributed by atoms with van der Waals surface area (Å²) in [5.41, 5.74) is 2.15. The van der Waals surface area contributed by atoms with Gasteiger partial charge in [-0.25, -0.2) is 0 Å². The van der Waals surface area contributed by atoms with E-state index in [1.807, 2.05) is 0 Å². The van der Waals surface area contributed by atoms with Gasteiger partial charge in [0.2, 0.25) is 0 Å². The Kier molecular flexibility index (Phi) is 7.66. The van der Waals surface area contributed by atoms with Crippen LogP contribution in [0.5, 0.6) is 0 Å². The van der Waals surface area contributed by atoms with Crippen LogP contribution in [0.3, 0.4) is 0 Å². The summed E-state index contributed by atoms with van der Waals surface area (Å²) in [6, 6.07) is 0. The lowest BCUT2D eigenvalue weighted by atomic mass is 9.89. The predicted molar refractivity (Wildman–Crippen MR) is 83.8 cm³/mol. The van der Waals surface area contributed by atoms with Crippen LogP contribution in [0.15, 0.2) is 12.3 Å². The molecule has 18 heavy (non-hydrogen) atoms. The monoisotopic (exact) mass is 253 g/mol. The zero-order valence-electron chi connectivity index (χ0n) is 13.7. The highest BCUT2D eigenvalue weighted by Crippen LogP contribution is 2.22. The molecule has 108 valence electrons. The van der Waals surface area contributed by atoms with E-state index in [1.165, 1.54) is 37.8 Å².